The van der Waals surface area contributed by atoms with E-state index in [1.165, 1.54) is 6.20 Å². The van der Waals surface area contributed by atoms with Crippen LogP contribution in [0.4, 0.5) is 0 Å². The van der Waals surface area contributed by atoms with Crippen molar-refractivity contribution in [2.45, 2.75) is 31.7 Å². The van der Waals surface area contributed by atoms with E-state index in [-0.39, 0.29) is 0 Å². The highest BCUT2D eigenvalue weighted by Crippen LogP contribution is 2.10. The molecule has 0 unspecified atom stereocenters. The molecule has 1 rings (SSSR count). The molecule has 5 nitrogen and oxygen atoms in total. The Morgan fingerprint density at radius 1 is 1.38 bits per heavy atom. The van der Waals surface area contributed by atoms with Gasteiger partial charge in [-0.05, 0) is 19.0 Å². The van der Waals surface area contributed by atoms with Gasteiger partial charge in [-0.25, -0.2) is 13.1 Å². The van der Waals surface area contributed by atoms with E-state index in [9.17, 15) is 8.42 Å². The summed E-state index contributed by atoms with van der Waals surface area (Å²) < 4.78 is 26.0. The predicted octanol–water partition coefficient (Wildman–Crippen LogP) is 0.812. The standard InChI is InChI=1S/C10H19N3O2S/c1-3-5-13-16(14,15)10-6-9(12-8-10)7-11-4-2/h6,8,11-13H,3-5,7H2,1-2H3. The van der Waals surface area contributed by atoms with Crippen LogP contribution in [-0.4, -0.2) is 26.5 Å². The lowest BCUT2D eigenvalue weighted by molar-refractivity contribution is 0.581. The first kappa shape index (κ1) is 13.2. The zero-order valence-corrected chi connectivity index (χ0v) is 10.5. The highest BCUT2D eigenvalue weighted by Gasteiger charge is 2.14. The van der Waals surface area contributed by atoms with E-state index in [2.05, 4.69) is 15.0 Å². The second-order valence-corrected chi connectivity index (χ2v) is 5.31. The summed E-state index contributed by atoms with van der Waals surface area (Å²) in [4.78, 5) is 3.24. The van der Waals surface area contributed by atoms with E-state index in [1.54, 1.807) is 6.07 Å². The van der Waals surface area contributed by atoms with Crippen LogP contribution in [0.15, 0.2) is 17.2 Å². The molecular weight excluding hydrogens is 226 g/mol. The maximum absolute atomic E-state index is 11.7. The molecule has 0 aliphatic heterocycles. The van der Waals surface area contributed by atoms with Crippen molar-refractivity contribution in [3.8, 4) is 0 Å². The highest BCUT2D eigenvalue weighted by atomic mass is 32.2. The lowest BCUT2D eigenvalue weighted by Gasteiger charge is -2.01. The fraction of sp³-hybridized carbons (Fsp3) is 0.600. The van der Waals surface area contributed by atoms with Gasteiger partial charge >= 0.3 is 0 Å². The summed E-state index contributed by atoms with van der Waals surface area (Å²) >= 11 is 0. The van der Waals surface area contributed by atoms with Crippen LogP contribution in [0.2, 0.25) is 0 Å². The number of nitrogens with one attached hydrogen (secondary N) is 3. The van der Waals surface area contributed by atoms with Gasteiger partial charge in [-0.3, -0.25) is 0 Å². The Kier molecular flexibility index (Phi) is 4.98. The van der Waals surface area contributed by atoms with E-state index in [1.807, 2.05) is 13.8 Å². The number of sulfonamides is 1. The molecule has 1 aromatic rings. The number of aromatic nitrogens is 1. The second kappa shape index (κ2) is 6.03. The van der Waals surface area contributed by atoms with Crippen molar-refractivity contribution >= 4 is 10.0 Å². The van der Waals surface area contributed by atoms with Crippen LogP contribution in [0.25, 0.3) is 0 Å². The minimum Gasteiger partial charge on any atom is -0.363 e. The summed E-state index contributed by atoms with van der Waals surface area (Å²) in [6.45, 7) is 5.91. The summed E-state index contributed by atoms with van der Waals surface area (Å²) in [6, 6.07) is 1.65. The molecule has 92 valence electrons. The fourth-order valence-corrected chi connectivity index (χ4v) is 2.41. The Morgan fingerprint density at radius 3 is 2.75 bits per heavy atom. The van der Waals surface area contributed by atoms with Gasteiger partial charge in [0.1, 0.15) is 0 Å². The molecule has 3 N–H and O–H groups in total. The van der Waals surface area contributed by atoms with Crippen LogP contribution >= 0.6 is 0 Å². The van der Waals surface area contributed by atoms with E-state index < -0.39 is 10.0 Å². The molecule has 6 heteroatoms. The van der Waals surface area contributed by atoms with Gasteiger partial charge in [0.15, 0.2) is 0 Å². The van der Waals surface area contributed by atoms with Gasteiger partial charge in [0.05, 0.1) is 4.90 Å². The van der Waals surface area contributed by atoms with Gasteiger partial charge in [-0.2, -0.15) is 0 Å². The van der Waals surface area contributed by atoms with Crippen LogP contribution in [0, 0.1) is 0 Å². The van der Waals surface area contributed by atoms with E-state index >= 15 is 0 Å². The van der Waals surface area contributed by atoms with Crippen LogP contribution in [0.1, 0.15) is 26.0 Å². The number of rotatable bonds is 7. The fourth-order valence-electron chi connectivity index (χ4n) is 1.26. The van der Waals surface area contributed by atoms with Crippen molar-refractivity contribution in [1.82, 2.24) is 15.0 Å². The van der Waals surface area contributed by atoms with Crippen molar-refractivity contribution < 1.29 is 8.42 Å². The Hall–Kier alpha value is -0.850. The van der Waals surface area contributed by atoms with E-state index in [0.29, 0.717) is 18.0 Å². The molecule has 0 aromatic carbocycles. The molecule has 0 spiro atoms. The molecule has 1 aromatic heterocycles. The maximum Gasteiger partial charge on any atom is 0.242 e. The van der Waals surface area contributed by atoms with Crippen LogP contribution in [-0.2, 0) is 16.6 Å². The molecule has 0 radical (unpaired) electrons. The number of hydrogen-bond acceptors (Lipinski definition) is 3. The van der Waals surface area contributed by atoms with E-state index in [0.717, 1.165) is 18.7 Å². The second-order valence-electron chi connectivity index (χ2n) is 3.54. The lowest BCUT2D eigenvalue weighted by Crippen LogP contribution is -2.23. The molecular formula is C10H19N3O2S. The normalized spacial score (nSPS) is 11.9. The Morgan fingerprint density at radius 2 is 2.12 bits per heavy atom. The molecule has 0 aliphatic rings. The Bertz CT molecular complexity index is 411. The first-order chi connectivity index (χ1) is 7.60. The quantitative estimate of drug-likeness (QED) is 0.665. The molecule has 16 heavy (non-hydrogen) atoms. The van der Waals surface area contributed by atoms with Crippen LogP contribution < -0.4 is 10.0 Å². The summed E-state index contributed by atoms with van der Waals surface area (Å²) in [5.74, 6) is 0. The van der Waals surface area contributed by atoms with Crippen LogP contribution in [0.5, 0.6) is 0 Å². The van der Waals surface area contributed by atoms with E-state index in [4.69, 9.17) is 0 Å². The zero-order valence-electron chi connectivity index (χ0n) is 9.71. The average molecular weight is 245 g/mol. The molecule has 0 aliphatic carbocycles. The number of H-pyrrole nitrogens is 1. The first-order valence-corrected chi connectivity index (χ1v) is 6.96. The van der Waals surface area contributed by atoms with Gasteiger partial charge in [-0.15, -0.1) is 0 Å². The number of aromatic amines is 1. The van der Waals surface area contributed by atoms with Crippen molar-refractivity contribution in [1.29, 1.82) is 0 Å². The minimum atomic E-state index is -3.34. The largest absolute Gasteiger partial charge is 0.363 e. The molecule has 0 saturated heterocycles. The topological polar surface area (TPSA) is 74.0 Å². The van der Waals surface area contributed by atoms with Crippen LogP contribution in [0.3, 0.4) is 0 Å². The molecule has 0 fully saturated rings. The third-order valence-corrected chi connectivity index (χ3v) is 3.57. The van der Waals surface area contributed by atoms with Gasteiger partial charge in [0.2, 0.25) is 10.0 Å². The van der Waals surface area contributed by atoms with Gasteiger partial charge < -0.3 is 10.3 Å². The van der Waals surface area contributed by atoms with Crippen molar-refractivity contribution in [2.75, 3.05) is 13.1 Å². The predicted molar refractivity (Wildman–Crippen MR) is 63.7 cm³/mol. The van der Waals surface area contributed by atoms with Gasteiger partial charge in [-0.1, -0.05) is 13.8 Å². The molecule has 0 saturated carbocycles. The third-order valence-electron chi connectivity index (χ3n) is 2.13. The highest BCUT2D eigenvalue weighted by molar-refractivity contribution is 7.89. The molecule has 0 bridgehead atoms. The van der Waals surface area contributed by atoms with Gasteiger partial charge in [0.25, 0.3) is 0 Å². The molecule has 0 atom stereocenters. The summed E-state index contributed by atoms with van der Waals surface area (Å²) in [5.41, 5.74) is 0.874. The minimum absolute atomic E-state index is 0.300. The smallest absolute Gasteiger partial charge is 0.242 e. The van der Waals surface area contributed by atoms with Crippen molar-refractivity contribution in [3.63, 3.8) is 0 Å². The zero-order chi connectivity index (χ0) is 12.0. The summed E-state index contributed by atoms with van der Waals surface area (Å²) in [6.07, 6.45) is 2.30. The van der Waals surface area contributed by atoms with Crippen molar-refractivity contribution in [2.24, 2.45) is 0 Å². The van der Waals surface area contributed by atoms with Crippen molar-refractivity contribution in [3.05, 3.63) is 18.0 Å². The van der Waals surface area contributed by atoms with Gasteiger partial charge in [0, 0.05) is 25.0 Å². The average Bonchev–Trinajstić information content (AvgIpc) is 2.73. The summed E-state index contributed by atoms with van der Waals surface area (Å²) in [5, 5.41) is 3.13. The molecule has 1 heterocycles. The number of hydrogen-bond donors (Lipinski definition) is 3. The lowest BCUT2D eigenvalue weighted by atomic mass is 10.4. The summed E-state index contributed by atoms with van der Waals surface area (Å²) in [7, 11) is -3.34. The monoisotopic (exact) mass is 245 g/mol. The third kappa shape index (κ3) is 3.62. The maximum atomic E-state index is 11.7. The first-order valence-electron chi connectivity index (χ1n) is 5.47. The Labute approximate surface area is 96.7 Å². The Balaban J connectivity index is 2.69. The molecule has 0 amide bonds. The SMILES string of the molecule is CCCNS(=O)(=O)c1c[nH]c(CNCC)c1.